The summed E-state index contributed by atoms with van der Waals surface area (Å²) in [6.07, 6.45) is 2.64. The second-order valence-corrected chi connectivity index (χ2v) is 5.38. The number of aromatic nitrogens is 1. The molecule has 1 aliphatic carbocycles. The molecule has 0 unspecified atom stereocenters. The van der Waals surface area contributed by atoms with Gasteiger partial charge in [0.25, 0.3) is 0 Å². The van der Waals surface area contributed by atoms with E-state index in [9.17, 15) is 9.90 Å². The van der Waals surface area contributed by atoms with Gasteiger partial charge < -0.3 is 10.0 Å². The molecule has 19 heavy (non-hydrogen) atoms. The first-order valence-corrected chi connectivity index (χ1v) is 6.85. The topological polar surface area (TPSA) is 56.7 Å². The van der Waals surface area contributed by atoms with Crippen LogP contribution in [0.25, 0.3) is 0 Å². The molecule has 5 heteroatoms. The van der Waals surface area contributed by atoms with Gasteiger partial charge in [0, 0.05) is 37.9 Å². The molecule has 1 N–H and O–H groups in total. The fourth-order valence-electron chi connectivity index (χ4n) is 2.69. The SMILES string of the molecule is Cc1ccc(C(=O)O)c(N2CCN(C3CC3)CC2)n1. The quantitative estimate of drug-likeness (QED) is 0.890. The summed E-state index contributed by atoms with van der Waals surface area (Å²) >= 11 is 0. The van der Waals surface area contributed by atoms with E-state index in [0.29, 0.717) is 11.4 Å². The zero-order chi connectivity index (χ0) is 13.4. The second kappa shape index (κ2) is 4.81. The number of rotatable bonds is 3. The molecule has 0 aromatic carbocycles. The molecule has 5 nitrogen and oxygen atoms in total. The number of carboxylic acids is 1. The lowest BCUT2D eigenvalue weighted by molar-refractivity contribution is 0.0697. The summed E-state index contributed by atoms with van der Waals surface area (Å²) in [5, 5.41) is 9.26. The molecule has 102 valence electrons. The van der Waals surface area contributed by atoms with Crippen LogP contribution in [-0.2, 0) is 0 Å². The molecular formula is C14H19N3O2. The van der Waals surface area contributed by atoms with Crippen LogP contribution in [-0.4, -0.2) is 53.2 Å². The second-order valence-electron chi connectivity index (χ2n) is 5.38. The Morgan fingerprint density at radius 3 is 2.53 bits per heavy atom. The summed E-state index contributed by atoms with van der Waals surface area (Å²) in [4.78, 5) is 20.3. The van der Waals surface area contributed by atoms with E-state index in [1.54, 1.807) is 12.1 Å². The van der Waals surface area contributed by atoms with Crippen molar-refractivity contribution in [2.24, 2.45) is 0 Å². The molecule has 2 heterocycles. The van der Waals surface area contributed by atoms with E-state index >= 15 is 0 Å². The molecule has 1 aliphatic heterocycles. The van der Waals surface area contributed by atoms with E-state index in [4.69, 9.17) is 0 Å². The Labute approximate surface area is 112 Å². The largest absolute Gasteiger partial charge is 0.478 e. The molecule has 0 amide bonds. The molecular weight excluding hydrogens is 242 g/mol. The molecule has 0 bridgehead atoms. The monoisotopic (exact) mass is 261 g/mol. The van der Waals surface area contributed by atoms with Gasteiger partial charge in [-0.05, 0) is 31.9 Å². The number of aromatic carboxylic acids is 1. The fourth-order valence-corrected chi connectivity index (χ4v) is 2.69. The van der Waals surface area contributed by atoms with Crippen molar-refractivity contribution in [1.82, 2.24) is 9.88 Å². The van der Waals surface area contributed by atoms with Gasteiger partial charge >= 0.3 is 5.97 Å². The van der Waals surface area contributed by atoms with Gasteiger partial charge in [-0.25, -0.2) is 9.78 Å². The molecule has 2 fully saturated rings. The van der Waals surface area contributed by atoms with Crippen LogP contribution in [0.5, 0.6) is 0 Å². The smallest absolute Gasteiger partial charge is 0.339 e. The zero-order valence-corrected chi connectivity index (χ0v) is 11.2. The molecule has 2 aliphatic rings. The van der Waals surface area contributed by atoms with Gasteiger partial charge in [-0.1, -0.05) is 0 Å². The Morgan fingerprint density at radius 1 is 1.26 bits per heavy atom. The predicted molar refractivity (Wildman–Crippen MR) is 72.7 cm³/mol. The van der Waals surface area contributed by atoms with Gasteiger partial charge in [0.1, 0.15) is 11.4 Å². The molecule has 0 radical (unpaired) electrons. The van der Waals surface area contributed by atoms with Crippen molar-refractivity contribution in [3.05, 3.63) is 23.4 Å². The summed E-state index contributed by atoms with van der Waals surface area (Å²) in [5.41, 5.74) is 1.18. The van der Waals surface area contributed by atoms with Crippen LogP contribution in [0.4, 0.5) is 5.82 Å². The third-order valence-electron chi connectivity index (χ3n) is 3.92. The number of hydrogen-bond acceptors (Lipinski definition) is 4. The number of carbonyl (C=O) groups is 1. The number of aryl methyl sites for hydroxylation is 1. The molecule has 1 aromatic rings. The van der Waals surface area contributed by atoms with Crippen molar-refractivity contribution in [1.29, 1.82) is 0 Å². The first-order chi connectivity index (χ1) is 9.15. The Hall–Kier alpha value is -1.62. The first-order valence-electron chi connectivity index (χ1n) is 6.85. The number of carboxylic acid groups (broad SMARTS) is 1. The molecule has 3 rings (SSSR count). The van der Waals surface area contributed by atoms with E-state index in [-0.39, 0.29) is 0 Å². The third kappa shape index (κ3) is 2.56. The zero-order valence-electron chi connectivity index (χ0n) is 11.2. The summed E-state index contributed by atoms with van der Waals surface area (Å²) in [7, 11) is 0. The molecule has 1 aromatic heterocycles. The highest BCUT2D eigenvalue weighted by Crippen LogP contribution is 2.28. The van der Waals surface area contributed by atoms with Crippen molar-refractivity contribution in [2.45, 2.75) is 25.8 Å². The summed E-state index contributed by atoms with van der Waals surface area (Å²) in [6.45, 7) is 5.66. The Morgan fingerprint density at radius 2 is 1.95 bits per heavy atom. The van der Waals surface area contributed by atoms with E-state index in [1.807, 2.05) is 6.92 Å². The van der Waals surface area contributed by atoms with Gasteiger partial charge in [-0.2, -0.15) is 0 Å². The van der Waals surface area contributed by atoms with Gasteiger partial charge in [0.15, 0.2) is 0 Å². The maximum Gasteiger partial charge on any atom is 0.339 e. The fraction of sp³-hybridized carbons (Fsp3) is 0.571. The summed E-state index contributed by atoms with van der Waals surface area (Å²) < 4.78 is 0. The molecule has 0 spiro atoms. The normalized spacial score (nSPS) is 20.6. The number of nitrogens with zero attached hydrogens (tertiary/aromatic N) is 3. The lowest BCUT2D eigenvalue weighted by atomic mass is 10.2. The standard InChI is InChI=1S/C14H19N3O2/c1-10-2-5-12(14(18)19)13(15-10)17-8-6-16(7-9-17)11-3-4-11/h2,5,11H,3-4,6-9H2,1H3,(H,18,19). The molecule has 0 atom stereocenters. The highest BCUT2D eigenvalue weighted by Gasteiger charge is 2.32. The average Bonchev–Trinajstić information content (AvgIpc) is 3.23. The van der Waals surface area contributed by atoms with Crippen molar-refractivity contribution >= 4 is 11.8 Å². The van der Waals surface area contributed by atoms with Crippen molar-refractivity contribution in [2.75, 3.05) is 31.1 Å². The van der Waals surface area contributed by atoms with E-state index in [2.05, 4.69) is 14.8 Å². The maximum absolute atomic E-state index is 11.3. The van der Waals surface area contributed by atoms with Gasteiger partial charge in [0.05, 0.1) is 0 Å². The third-order valence-corrected chi connectivity index (χ3v) is 3.92. The van der Waals surface area contributed by atoms with Gasteiger partial charge in [-0.15, -0.1) is 0 Å². The van der Waals surface area contributed by atoms with Crippen molar-refractivity contribution < 1.29 is 9.90 Å². The number of anilines is 1. The minimum absolute atomic E-state index is 0.311. The van der Waals surface area contributed by atoms with Gasteiger partial charge in [0.2, 0.25) is 0 Å². The number of piperazine rings is 1. The van der Waals surface area contributed by atoms with Crippen LogP contribution < -0.4 is 4.90 Å². The predicted octanol–water partition coefficient (Wildman–Crippen LogP) is 1.37. The van der Waals surface area contributed by atoms with Gasteiger partial charge in [-0.3, -0.25) is 4.90 Å². The van der Waals surface area contributed by atoms with Crippen LogP contribution in [0.15, 0.2) is 12.1 Å². The summed E-state index contributed by atoms with van der Waals surface area (Å²) in [5.74, 6) is -0.268. The van der Waals surface area contributed by atoms with Crippen LogP contribution in [0, 0.1) is 6.92 Å². The maximum atomic E-state index is 11.3. The van der Waals surface area contributed by atoms with Crippen molar-refractivity contribution in [3.8, 4) is 0 Å². The van der Waals surface area contributed by atoms with Crippen LogP contribution >= 0.6 is 0 Å². The van der Waals surface area contributed by atoms with E-state index < -0.39 is 5.97 Å². The van der Waals surface area contributed by atoms with E-state index in [1.165, 1.54) is 12.8 Å². The lowest BCUT2D eigenvalue weighted by Crippen LogP contribution is -2.48. The first kappa shape index (κ1) is 12.4. The minimum atomic E-state index is -0.896. The van der Waals surface area contributed by atoms with E-state index in [0.717, 1.165) is 37.9 Å². The molecule has 1 saturated carbocycles. The van der Waals surface area contributed by atoms with Crippen LogP contribution in [0.1, 0.15) is 28.9 Å². The summed E-state index contributed by atoms with van der Waals surface area (Å²) in [6, 6.07) is 4.20. The Kier molecular flexibility index (Phi) is 3.14. The minimum Gasteiger partial charge on any atom is -0.478 e. The highest BCUT2D eigenvalue weighted by molar-refractivity contribution is 5.93. The van der Waals surface area contributed by atoms with Crippen LogP contribution in [0.3, 0.4) is 0 Å². The number of pyridine rings is 1. The Balaban J connectivity index is 1.78. The van der Waals surface area contributed by atoms with Crippen molar-refractivity contribution in [3.63, 3.8) is 0 Å². The highest BCUT2D eigenvalue weighted by atomic mass is 16.4. The number of hydrogen-bond donors (Lipinski definition) is 1. The molecule has 1 saturated heterocycles. The van der Waals surface area contributed by atoms with Crippen LogP contribution in [0.2, 0.25) is 0 Å². The Bertz CT molecular complexity index is 491. The average molecular weight is 261 g/mol. The lowest BCUT2D eigenvalue weighted by Gasteiger charge is -2.36.